The van der Waals surface area contributed by atoms with Crippen molar-refractivity contribution in [2.75, 3.05) is 52.4 Å². The van der Waals surface area contributed by atoms with E-state index in [1.165, 1.54) is 0 Å². The Kier molecular flexibility index (Phi) is 6.55. The normalized spacial score (nSPS) is 13.8. The molecule has 0 N–H and O–H groups in total. The third kappa shape index (κ3) is 4.37. The number of aromatic nitrogens is 6. The van der Waals surface area contributed by atoms with Crippen LogP contribution in [0, 0.1) is 0 Å². The Morgan fingerprint density at radius 2 is 1.86 bits per heavy atom. The van der Waals surface area contributed by atoms with Crippen molar-refractivity contribution in [3.05, 3.63) is 42.4 Å². The van der Waals surface area contributed by atoms with Crippen LogP contribution in [-0.2, 0) is 22.5 Å². The molecule has 188 valence electrons. The van der Waals surface area contributed by atoms with E-state index in [9.17, 15) is 4.79 Å². The molecule has 1 aliphatic rings. The van der Waals surface area contributed by atoms with E-state index in [4.69, 9.17) is 24.4 Å². The first kappa shape index (κ1) is 23.7. The maximum atomic E-state index is 12.5. The zero-order valence-corrected chi connectivity index (χ0v) is 21.0. The number of imidazole rings is 1. The van der Waals surface area contributed by atoms with Gasteiger partial charge in [0.05, 0.1) is 32.3 Å². The predicted molar refractivity (Wildman–Crippen MR) is 136 cm³/mol. The minimum atomic E-state index is -0.0228. The van der Waals surface area contributed by atoms with Crippen LogP contribution < -0.4 is 9.64 Å². The number of aryl methyl sites for hydroxylation is 1. The number of morpholine rings is 1. The van der Waals surface area contributed by atoms with Crippen molar-refractivity contribution < 1.29 is 14.3 Å². The van der Waals surface area contributed by atoms with E-state index in [0.29, 0.717) is 67.5 Å². The average Bonchev–Trinajstić information content (AvgIpc) is 3.50. The first-order chi connectivity index (χ1) is 17.5. The van der Waals surface area contributed by atoms with Gasteiger partial charge in [-0.05, 0) is 12.5 Å². The molecule has 11 nitrogen and oxygen atoms in total. The predicted octanol–water partition coefficient (Wildman–Crippen LogP) is 2.17. The number of amides is 1. The lowest BCUT2D eigenvalue weighted by atomic mass is 10.1. The van der Waals surface area contributed by atoms with Gasteiger partial charge in [-0.3, -0.25) is 4.79 Å². The Morgan fingerprint density at radius 3 is 2.53 bits per heavy atom. The van der Waals surface area contributed by atoms with Crippen LogP contribution in [0.25, 0.3) is 28.2 Å². The van der Waals surface area contributed by atoms with Gasteiger partial charge in [0.15, 0.2) is 17.0 Å². The van der Waals surface area contributed by atoms with Crippen LogP contribution >= 0.6 is 0 Å². The molecule has 4 heterocycles. The number of anilines is 1. The zero-order valence-electron chi connectivity index (χ0n) is 21.0. The Hall–Kier alpha value is -3.99. The van der Waals surface area contributed by atoms with Gasteiger partial charge in [-0.1, -0.05) is 30.3 Å². The lowest BCUT2D eigenvalue weighted by Crippen LogP contribution is -2.37. The Morgan fingerprint density at radius 1 is 1.11 bits per heavy atom. The molecule has 0 radical (unpaired) electrons. The van der Waals surface area contributed by atoms with Crippen LogP contribution in [0.3, 0.4) is 0 Å². The van der Waals surface area contributed by atoms with Gasteiger partial charge < -0.3 is 23.8 Å². The molecular weight excluding hydrogens is 460 g/mol. The van der Waals surface area contributed by atoms with Gasteiger partial charge >= 0.3 is 0 Å². The van der Waals surface area contributed by atoms with E-state index in [1.807, 2.05) is 48.0 Å². The summed E-state index contributed by atoms with van der Waals surface area (Å²) < 4.78 is 14.8. The highest BCUT2D eigenvalue weighted by Crippen LogP contribution is 2.31. The summed E-state index contributed by atoms with van der Waals surface area (Å²) >= 11 is 0. The number of benzene rings is 1. The molecule has 0 atom stereocenters. The summed E-state index contributed by atoms with van der Waals surface area (Å²) in [5.74, 6) is 2.24. The maximum absolute atomic E-state index is 12.5. The number of methoxy groups -OCH3 is 1. The average molecular weight is 491 g/mol. The smallest absolute Gasteiger partial charge is 0.254 e. The molecule has 0 unspecified atom stereocenters. The van der Waals surface area contributed by atoms with Crippen molar-refractivity contribution in [1.82, 2.24) is 34.2 Å². The van der Waals surface area contributed by atoms with E-state index in [2.05, 4.69) is 10.00 Å². The summed E-state index contributed by atoms with van der Waals surface area (Å²) in [5.41, 5.74) is 3.17. The van der Waals surface area contributed by atoms with E-state index in [0.717, 1.165) is 11.1 Å². The Bertz CT molecular complexity index is 1370. The third-order valence-corrected chi connectivity index (χ3v) is 6.24. The zero-order chi connectivity index (χ0) is 25.2. The second-order valence-corrected chi connectivity index (χ2v) is 8.72. The fourth-order valence-corrected chi connectivity index (χ4v) is 4.31. The molecule has 4 aromatic rings. The van der Waals surface area contributed by atoms with Crippen LogP contribution in [-0.4, -0.2) is 87.6 Å². The van der Waals surface area contributed by atoms with Crippen LogP contribution in [0.2, 0.25) is 0 Å². The topological polar surface area (TPSA) is 103 Å². The summed E-state index contributed by atoms with van der Waals surface area (Å²) in [6, 6.07) is 9.93. The van der Waals surface area contributed by atoms with E-state index in [1.54, 1.807) is 30.8 Å². The fourth-order valence-electron chi connectivity index (χ4n) is 4.31. The molecule has 1 aromatic carbocycles. The van der Waals surface area contributed by atoms with Gasteiger partial charge in [0, 0.05) is 39.9 Å². The number of carbonyl (C=O) groups is 1. The van der Waals surface area contributed by atoms with Crippen LogP contribution in [0.4, 0.5) is 5.82 Å². The molecule has 36 heavy (non-hydrogen) atoms. The number of hydrogen-bond acceptors (Lipinski definition) is 8. The van der Waals surface area contributed by atoms with Gasteiger partial charge in [-0.25, -0.2) is 9.67 Å². The summed E-state index contributed by atoms with van der Waals surface area (Å²) in [5, 5.41) is 4.64. The lowest BCUT2D eigenvalue weighted by Gasteiger charge is -2.28. The molecule has 3 aromatic heterocycles. The SMILES string of the molecule is CCn1c(CC(=O)N(C)C)nc2c(N3CCOCC3)nc(-n3cc(-c4ccccc4)c(OC)n3)nc21. The number of fused-ring (bicyclic) bond motifs is 1. The number of rotatable bonds is 7. The molecule has 0 saturated carbocycles. The van der Waals surface area contributed by atoms with Gasteiger partial charge in [0.25, 0.3) is 5.95 Å². The molecule has 1 saturated heterocycles. The quantitative estimate of drug-likeness (QED) is 0.388. The first-order valence-corrected chi connectivity index (χ1v) is 12.0. The minimum Gasteiger partial charge on any atom is -0.479 e. The van der Waals surface area contributed by atoms with Crippen molar-refractivity contribution in [1.29, 1.82) is 0 Å². The monoisotopic (exact) mass is 490 g/mol. The van der Waals surface area contributed by atoms with E-state index < -0.39 is 0 Å². The molecule has 1 fully saturated rings. The van der Waals surface area contributed by atoms with Crippen molar-refractivity contribution in [3.8, 4) is 23.0 Å². The summed E-state index contributed by atoms with van der Waals surface area (Å²) in [4.78, 5) is 30.9. The molecule has 0 spiro atoms. The van der Waals surface area contributed by atoms with Crippen molar-refractivity contribution in [3.63, 3.8) is 0 Å². The number of nitrogens with zero attached hydrogens (tertiary/aromatic N) is 8. The van der Waals surface area contributed by atoms with Crippen LogP contribution in [0.1, 0.15) is 12.7 Å². The molecule has 1 aliphatic heterocycles. The molecule has 0 bridgehead atoms. The standard InChI is InChI=1S/C25H30N8O3/c1-5-32-19(15-20(34)30(2)3)26-21-22(31-11-13-36-14-12-31)27-25(28-23(21)32)33-16-18(24(29-33)35-4)17-9-7-6-8-10-17/h6-10,16H,5,11-15H2,1-4H3. The summed E-state index contributed by atoms with van der Waals surface area (Å²) in [6.45, 7) is 5.22. The largest absolute Gasteiger partial charge is 0.479 e. The number of likely N-dealkylation sites (N-methyl/N-ethyl adjacent to an activating group) is 1. The lowest BCUT2D eigenvalue weighted by molar-refractivity contribution is -0.128. The third-order valence-electron chi connectivity index (χ3n) is 6.24. The van der Waals surface area contributed by atoms with Gasteiger partial charge in [0.2, 0.25) is 11.8 Å². The van der Waals surface area contributed by atoms with E-state index in [-0.39, 0.29) is 12.3 Å². The Balaban J connectivity index is 1.68. The molecule has 11 heteroatoms. The number of carbonyl (C=O) groups excluding carboxylic acids is 1. The molecule has 1 amide bonds. The number of ether oxygens (including phenoxy) is 2. The second kappa shape index (κ2) is 9.94. The van der Waals surface area contributed by atoms with E-state index >= 15 is 0 Å². The fraction of sp³-hybridized carbons (Fsp3) is 0.400. The summed E-state index contributed by atoms with van der Waals surface area (Å²) in [7, 11) is 5.09. The first-order valence-electron chi connectivity index (χ1n) is 12.0. The van der Waals surface area contributed by atoms with Crippen LogP contribution in [0.15, 0.2) is 36.5 Å². The molecule has 5 rings (SSSR count). The van der Waals surface area contributed by atoms with Crippen molar-refractivity contribution in [2.45, 2.75) is 19.9 Å². The maximum Gasteiger partial charge on any atom is 0.254 e. The summed E-state index contributed by atoms with van der Waals surface area (Å²) in [6.07, 6.45) is 2.06. The highest BCUT2D eigenvalue weighted by atomic mass is 16.5. The highest BCUT2D eigenvalue weighted by Gasteiger charge is 2.25. The van der Waals surface area contributed by atoms with Crippen LogP contribution in [0.5, 0.6) is 5.88 Å². The second-order valence-electron chi connectivity index (χ2n) is 8.72. The number of hydrogen-bond donors (Lipinski definition) is 0. The molecular formula is C25H30N8O3. The highest BCUT2D eigenvalue weighted by molar-refractivity contribution is 5.86. The Labute approximate surface area is 209 Å². The molecule has 0 aliphatic carbocycles. The van der Waals surface area contributed by atoms with Gasteiger partial charge in [-0.15, -0.1) is 5.10 Å². The minimum absolute atomic E-state index is 0.0228. The van der Waals surface area contributed by atoms with Gasteiger partial charge in [0.1, 0.15) is 5.82 Å². The van der Waals surface area contributed by atoms with Crippen molar-refractivity contribution >= 4 is 22.9 Å². The van der Waals surface area contributed by atoms with Crippen molar-refractivity contribution in [2.24, 2.45) is 0 Å². The van der Waals surface area contributed by atoms with Gasteiger partial charge in [-0.2, -0.15) is 9.97 Å².